The number of para-hydroxylation sites is 2. The predicted octanol–water partition coefficient (Wildman–Crippen LogP) is 5.77. The number of methoxy groups -OCH3 is 1. The Bertz CT molecular complexity index is 1100. The van der Waals surface area contributed by atoms with E-state index in [2.05, 4.69) is 11.4 Å². The normalized spacial score (nSPS) is 10.6. The summed E-state index contributed by atoms with van der Waals surface area (Å²) in [6.07, 6.45) is 0. The van der Waals surface area contributed by atoms with E-state index in [-0.39, 0.29) is 5.91 Å². The SMILES string of the molecule is COc1ccccc1-c1cccc2ccc(C(=O)Nc3ccccc3)cc12. The zero-order chi connectivity index (χ0) is 18.6. The third kappa shape index (κ3) is 3.40. The summed E-state index contributed by atoms with van der Waals surface area (Å²) in [4.78, 5) is 12.7. The predicted molar refractivity (Wildman–Crippen MR) is 110 cm³/mol. The van der Waals surface area contributed by atoms with Crippen LogP contribution in [0.2, 0.25) is 0 Å². The molecule has 0 heterocycles. The molecule has 0 aromatic heterocycles. The molecule has 0 aliphatic heterocycles. The van der Waals surface area contributed by atoms with E-state index in [0.29, 0.717) is 5.56 Å². The lowest BCUT2D eigenvalue weighted by Gasteiger charge is -2.12. The molecule has 0 fully saturated rings. The van der Waals surface area contributed by atoms with Crippen LogP contribution in [0.15, 0.2) is 91.0 Å². The Morgan fingerprint density at radius 1 is 0.778 bits per heavy atom. The number of carbonyl (C=O) groups excluding carboxylic acids is 1. The topological polar surface area (TPSA) is 38.3 Å². The minimum Gasteiger partial charge on any atom is -0.496 e. The van der Waals surface area contributed by atoms with Crippen molar-refractivity contribution >= 4 is 22.4 Å². The number of hydrogen-bond acceptors (Lipinski definition) is 2. The smallest absolute Gasteiger partial charge is 0.255 e. The molecule has 4 aromatic carbocycles. The Kier molecular flexibility index (Phi) is 4.58. The van der Waals surface area contributed by atoms with E-state index in [0.717, 1.165) is 33.3 Å². The molecule has 0 bridgehead atoms. The fourth-order valence-electron chi connectivity index (χ4n) is 3.24. The van der Waals surface area contributed by atoms with Crippen LogP contribution in [-0.2, 0) is 0 Å². The molecule has 0 atom stereocenters. The van der Waals surface area contributed by atoms with Gasteiger partial charge in [-0.1, -0.05) is 60.7 Å². The van der Waals surface area contributed by atoms with Crippen LogP contribution < -0.4 is 10.1 Å². The Balaban J connectivity index is 1.79. The second-order valence-electron chi connectivity index (χ2n) is 6.26. The number of amides is 1. The van der Waals surface area contributed by atoms with Crippen molar-refractivity contribution in [2.24, 2.45) is 0 Å². The van der Waals surface area contributed by atoms with E-state index in [1.165, 1.54) is 0 Å². The van der Waals surface area contributed by atoms with Crippen molar-refractivity contribution in [3.63, 3.8) is 0 Å². The Hall–Kier alpha value is -3.59. The summed E-state index contributed by atoms with van der Waals surface area (Å²) in [6, 6.07) is 29.3. The molecule has 3 heteroatoms. The monoisotopic (exact) mass is 353 g/mol. The van der Waals surface area contributed by atoms with Gasteiger partial charge in [0.05, 0.1) is 7.11 Å². The molecule has 3 nitrogen and oxygen atoms in total. The third-order valence-electron chi connectivity index (χ3n) is 4.57. The van der Waals surface area contributed by atoms with Gasteiger partial charge in [-0.05, 0) is 46.7 Å². The first kappa shape index (κ1) is 16.9. The van der Waals surface area contributed by atoms with Crippen LogP contribution >= 0.6 is 0 Å². The highest BCUT2D eigenvalue weighted by Crippen LogP contribution is 2.35. The molecule has 0 saturated carbocycles. The summed E-state index contributed by atoms with van der Waals surface area (Å²) in [5.41, 5.74) is 3.44. The van der Waals surface area contributed by atoms with E-state index in [9.17, 15) is 4.79 Å². The molecule has 0 aliphatic carbocycles. The van der Waals surface area contributed by atoms with Crippen LogP contribution in [0.3, 0.4) is 0 Å². The van der Waals surface area contributed by atoms with Crippen molar-refractivity contribution in [3.8, 4) is 16.9 Å². The van der Waals surface area contributed by atoms with Gasteiger partial charge < -0.3 is 10.1 Å². The highest BCUT2D eigenvalue weighted by molar-refractivity contribution is 6.08. The average Bonchev–Trinajstić information content (AvgIpc) is 2.73. The van der Waals surface area contributed by atoms with Crippen LogP contribution in [0.5, 0.6) is 5.75 Å². The van der Waals surface area contributed by atoms with Crippen molar-refractivity contribution in [3.05, 3.63) is 96.6 Å². The van der Waals surface area contributed by atoms with Gasteiger partial charge in [-0.25, -0.2) is 0 Å². The second kappa shape index (κ2) is 7.34. The summed E-state index contributed by atoms with van der Waals surface area (Å²) >= 11 is 0. The number of anilines is 1. The fourth-order valence-corrected chi connectivity index (χ4v) is 3.24. The number of nitrogens with one attached hydrogen (secondary N) is 1. The molecule has 0 unspecified atom stereocenters. The largest absolute Gasteiger partial charge is 0.496 e. The maximum absolute atomic E-state index is 12.7. The molecule has 132 valence electrons. The van der Waals surface area contributed by atoms with Crippen LogP contribution in [0, 0.1) is 0 Å². The molecular formula is C24H19NO2. The minimum absolute atomic E-state index is 0.127. The molecule has 0 saturated heterocycles. The van der Waals surface area contributed by atoms with E-state index in [4.69, 9.17) is 4.74 Å². The summed E-state index contributed by atoms with van der Waals surface area (Å²) in [5, 5.41) is 5.04. The van der Waals surface area contributed by atoms with Gasteiger partial charge in [-0.3, -0.25) is 4.79 Å². The summed E-state index contributed by atoms with van der Waals surface area (Å²) in [6.45, 7) is 0. The molecule has 1 amide bonds. The molecular weight excluding hydrogens is 334 g/mol. The van der Waals surface area contributed by atoms with Gasteiger partial charge in [-0.2, -0.15) is 0 Å². The molecule has 27 heavy (non-hydrogen) atoms. The molecule has 0 radical (unpaired) electrons. The van der Waals surface area contributed by atoms with Crippen molar-refractivity contribution < 1.29 is 9.53 Å². The van der Waals surface area contributed by atoms with E-state index >= 15 is 0 Å². The Morgan fingerprint density at radius 3 is 2.33 bits per heavy atom. The van der Waals surface area contributed by atoms with Crippen LogP contribution in [0.25, 0.3) is 21.9 Å². The number of rotatable bonds is 4. The maximum atomic E-state index is 12.7. The number of benzene rings is 4. The van der Waals surface area contributed by atoms with E-state index in [1.54, 1.807) is 7.11 Å². The first-order valence-corrected chi connectivity index (χ1v) is 8.79. The maximum Gasteiger partial charge on any atom is 0.255 e. The number of ether oxygens (including phenoxy) is 1. The van der Waals surface area contributed by atoms with Crippen molar-refractivity contribution in [1.29, 1.82) is 0 Å². The van der Waals surface area contributed by atoms with Crippen LogP contribution in [0.4, 0.5) is 5.69 Å². The Labute approximate surface area is 158 Å². The lowest BCUT2D eigenvalue weighted by Crippen LogP contribution is -2.11. The first-order chi connectivity index (χ1) is 13.3. The van der Waals surface area contributed by atoms with E-state index < -0.39 is 0 Å². The van der Waals surface area contributed by atoms with Gasteiger partial charge in [0.25, 0.3) is 5.91 Å². The Morgan fingerprint density at radius 2 is 1.52 bits per heavy atom. The van der Waals surface area contributed by atoms with Crippen LogP contribution in [-0.4, -0.2) is 13.0 Å². The highest BCUT2D eigenvalue weighted by atomic mass is 16.5. The number of fused-ring (bicyclic) bond motifs is 1. The van der Waals surface area contributed by atoms with Gasteiger partial charge >= 0.3 is 0 Å². The van der Waals surface area contributed by atoms with Crippen molar-refractivity contribution in [2.45, 2.75) is 0 Å². The molecule has 0 spiro atoms. The third-order valence-corrected chi connectivity index (χ3v) is 4.57. The van der Waals surface area contributed by atoms with Crippen molar-refractivity contribution in [1.82, 2.24) is 0 Å². The first-order valence-electron chi connectivity index (χ1n) is 8.79. The second-order valence-corrected chi connectivity index (χ2v) is 6.26. The quantitative estimate of drug-likeness (QED) is 0.506. The van der Waals surface area contributed by atoms with Crippen LogP contribution in [0.1, 0.15) is 10.4 Å². The van der Waals surface area contributed by atoms with Gasteiger partial charge in [0.15, 0.2) is 0 Å². The number of carbonyl (C=O) groups is 1. The van der Waals surface area contributed by atoms with Gasteiger partial charge in [0, 0.05) is 16.8 Å². The molecule has 4 rings (SSSR count). The summed E-state index contributed by atoms with van der Waals surface area (Å²) in [5.74, 6) is 0.682. The zero-order valence-electron chi connectivity index (χ0n) is 15.0. The van der Waals surface area contributed by atoms with Crippen molar-refractivity contribution in [2.75, 3.05) is 12.4 Å². The molecule has 4 aromatic rings. The minimum atomic E-state index is -0.127. The van der Waals surface area contributed by atoms with Gasteiger partial charge in [0.2, 0.25) is 0 Å². The number of hydrogen-bond donors (Lipinski definition) is 1. The standard InChI is InChI=1S/C24H19NO2/c1-27-23-13-6-5-11-21(23)20-12-7-8-17-14-15-18(16-22(17)20)24(26)25-19-9-3-2-4-10-19/h2-16H,1H3,(H,25,26). The fraction of sp³-hybridized carbons (Fsp3) is 0.0417. The zero-order valence-corrected chi connectivity index (χ0v) is 15.0. The van der Waals surface area contributed by atoms with E-state index in [1.807, 2.05) is 84.9 Å². The van der Waals surface area contributed by atoms with Gasteiger partial charge in [-0.15, -0.1) is 0 Å². The molecule has 0 aliphatic rings. The molecule has 1 N–H and O–H groups in total. The average molecular weight is 353 g/mol. The lowest BCUT2D eigenvalue weighted by atomic mass is 9.96. The summed E-state index contributed by atoms with van der Waals surface area (Å²) in [7, 11) is 1.67. The lowest BCUT2D eigenvalue weighted by molar-refractivity contribution is 0.102. The summed E-state index contributed by atoms with van der Waals surface area (Å²) < 4.78 is 5.53. The highest BCUT2D eigenvalue weighted by Gasteiger charge is 2.12. The van der Waals surface area contributed by atoms with Gasteiger partial charge in [0.1, 0.15) is 5.75 Å².